The van der Waals surface area contributed by atoms with Crippen LogP contribution in [0.2, 0.25) is 0 Å². The van der Waals surface area contributed by atoms with Crippen molar-refractivity contribution in [2.24, 2.45) is 5.73 Å². The van der Waals surface area contributed by atoms with Gasteiger partial charge in [0.2, 0.25) is 0 Å². The van der Waals surface area contributed by atoms with E-state index in [2.05, 4.69) is 9.88 Å². The summed E-state index contributed by atoms with van der Waals surface area (Å²) in [5.41, 5.74) is 6.56. The van der Waals surface area contributed by atoms with Crippen LogP contribution in [0.1, 0.15) is 32.4 Å². The van der Waals surface area contributed by atoms with Crippen LogP contribution in [0.5, 0.6) is 0 Å². The van der Waals surface area contributed by atoms with Gasteiger partial charge in [0, 0.05) is 25.3 Å². The van der Waals surface area contributed by atoms with Gasteiger partial charge in [-0.1, -0.05) is 6.07 Å². The van der Waals surface area contributed by atoms with E-state index in [9.17, 15) is 5.11 Å². The molecule has 1 fully saturated rings. The van der Waals surface area contributed by atoms with Crippen molar-refractivity contribution < 1.29 is 9.84 Å². The zero-order valence-corrected chi connectivity index (χ0v) is 11.8. The Balaban J connectivity index is 2.16. The minimum absolute atomic E-state index is 0.00660. The molecule has 0 spiro atoms. The average molecular weight is 265 g/mol. The van der Waals surface area contributed by atoms with E-state index in [1.54, 1.807) is 0 Å². The van der Waals surface area contributed by atoms with Crippen LogP contribution in [0, 0.1) is 0 Å². The zero-order valence-electron chi connectivity index (χ0n) is 11.8. The maximum atomic E-state index is 9.32. The Morgan fingerprint density at radius 2 is 2.32 bits per heavy atom. The quantitative estimate of drug-likeness (QED) is 0.855. The lowest BCUT2D eigenvalue weighted by molar-refractivity contribution is -0.101. The first-order valence-electron chi connectivity index (χ1n) is 6.66. The van der Waals surface area contributed by atoms with Crippen molar-refractivity contribution in [2.45, 2.75) is 38.5 Å². The molecule has 0 aromatic carbocycles. The number of anilines is 1. The number of nitrogens with zero attached hydrogens (tertiary/aromatic N) is 2. The van der Waals surface area contributed by atoms with Crippen molar-refractivity contribution in [1.29, 1.82) is 0 Å². The molecule has 5 heteroatoms. The SMILES string of the molecule is CC(N)c1ccc(N2CC(CO)OC(C)(C)C2)nc1. The van der Waals surface area contributed by atoms with Gasteiger partial charge in [-0.3, -0.25) is 0 Å². The van der Waals surface area contributed by atoms with Crippen LogP contribution < -0.4 is 10.6 Å². The molecule has 5 nitrogen and oxygen atoms in total. The minimum Gasteiger partial charge on any atom is -0.394 e. The van der Waals surface area contributed by atoms with Gasteiger partial charge in [-0.15, -0.1) is 0 Å². The molecule has 106 valence electrons. The van der Waals surface area contributed by atoms with E-state index in [0.29, 0.717) is 6.54 Å². The van der Waals surface area contributed by atoms with Gasteiger partial charge in [0.25, 0.3) is 0 Å². The van der Waals surface area contributed by atoms with E-state index < -0.39 is 0 Å². The number of nitrogens with two attached hydrogens (primary N) is 1. The molecule has 1 aliphatic rings. The van der Waals surface area contributed by atoms with Crippen LogP contribution >= 0.6 is 0 Å². The van der Waals surface area contributed by atoms with E-state index in [1.165, 1.54) is 0 Å². The predicted molar refractivity (Wildman–Crippen MR) is 75.1 cm³/mol. The van der Waals surface area contributed by atoms with Crippen molar-refractivity contribution in [2.75, 3.05) is 24.6 Å². The summed E-state index contributed by atoms with van der Waals surface area (Å²) in [6.45, 7) is 7.43. The van der Waals surface area contributed by atoms with Gasteiger partial charge >= 0.3 is 0 Å². The first-order valence-corrected chi connectivity index (χ1v) is 6.66. The van der Waals surface area contributed by atoms with Crippen LogP contribution in [-0.4, -0.2) is 41.5 Å². The number of ether oxygens (including phenoxy) is 1. The number of aliphatic hydroxyl groups is 1. The summed E-state index contributed by atoms with van der Waals surface area (Å²) in [4.78, 5) is 6.61. The Morgan fingerprint density at radius 1 is 1.58 bits per heavy atom. The normalized spacial score (nSPS) is 24.3. The number of morpholine rings is 1. The molecule has 2 unspecified atom stereocenters. The molecule has 19 heavy (non-hydrogen) atoms. The zero-order chi connectivity index (χ0) is 14.0. The first kappa shape index (κ1) is 14.2. The van der Waals surface area contributed by atoms with E-state index >= 15 is 0 Å². The Kier molecular flexibility index (Phi) is 4.08. The Bertz CT molecular complexity index is 417. The summed E-state index contributed by atoms with van der Waals surface area (Å²) < 4.78 is 5.80. The fourth-order valence-corrected chi connectivity index (χ4v) is 2.42. The highest BCUT2D eigenvalue weighted by atomic mass is 16.5. The topological polar surface area (TPSA) is 71.6 Å². The van der Waals surface area contributed by atoms with Crippen LogP contribution in [0.4, 0.5) is 5.82 Å². The lowest BCUT2D eigenvalue weighted by Gasteiger charge is -2.42. The van der Waals surface area contributed by atoms with Gasteiger partial charge in [0.05, 0.1) is 18.3 Å². The lowest BCUT2D eigenvalue weighted by Crippen LogP contribution is -2.54. The third-order valence-electron chi connectivity index (χ3n) is 3.31. The molecule has 1 aromatic heterocycles. The average Bonchev–Trinajstić information content (AvgIpc) is 2.37. The Hall–Kier alpha value is -1.17. The molecule has 0 radical (unpaired) electrons. The maximum absolute atomic E-state index is 9.32. The second kappa shape index (κ2) is 5.45. The first-order chi connectivity index (χ1) is 8.91. The van der Waals surface area contributed by atoms with Crippen molar-refractivity contribution >= 4 is 5.82 Å². The molecule has 2 atom stereocenters. The maximum Gasteiger partial charge on any atom is 0.128 e. The summed E-state index contributed by atoms with van der Waals surface area (Å²) >= 11 is 0. The Labute approximate surface area is 114 Å². The Morgan fingerprint density at radius 3 is 2.84 bits per heavy atom. The van der Waals surface area contributed by atoms with Crippen LogP contribution in [0.15, 0.2) is 18.3 Å². The summed E-state index contributed by atoms with van der Waals surface area (Å²) in [6.07, 6.45) is 1.65. The largest absolute Gasteiger partial charge is 0.394 e. The van der Waals surface area contributed by atoms with E-state index in [1.807, 2.05) is 39.1 Å². The number of pyridine rings is 1. The molecular weight excluding hydrogens is 242 g/mol. The van der Waals surface area contributed by atoms with Crippen molar-refractivity contribution in [3.8, 4) is 0 Å². The third kappa shape index (κ3) is 3.43. The summed E-state index contributed by atoms with van der Waals surface area (Å²) in [7, 11) is 0. The number of hydrogen-bond donors (Lipinski definition) is 2. The second-order valence-corrected chi connectivity index (χ2v) is 5.80. The molecule has 1 aromatic rings. The van der Waals surface area contributed by atoms with Crippen molar-refractivity contribution in [1.82, 2.24) is 4.98 Å². The molecule has 0 saturated carbocycles. The number of aliphatic hydroxyl groups excluding tert-OH is 1. The number of rotatable bonds is 3. The van der Waals surface area contributed by atoms with E-state index in [-0.39, 0.29) is 24.4 Å². The number of aromatic nitrogens is 1. The fourth-order valence-electron chi connectivity index (χ4n) is 2.42. The van der Waals surface area contributed by atoms with Gasteiger partial charge in [0.1, 0.15) is 5.82 Å². The van der Waals surface area contributed by atoms with Crippen LogP contribution in [0.25, 0.3) is 0 Å². The molecule has 2 heterocycles. The number of hydrogen-bond acceptors (Lipinski definition) is 5. The van der Waals surface area contributed by atoms with Gasteiger partial charge in [0.15, 0.2) is 0 Å². The van der Waals surface area contributed by atoms with Gasteiger partial charge < -0.3 is 20.5 Å². The van der Waals surface area contributed by atoms with Crippen LogP contribution in [-0.2, 0) is 4.74 Å². The molecular formula is C14H23N3O2. The molecule has 0 aliphatic carbocycles. The monoisotopic (exact) mass is 265 g/mol. The lowest BCUT2D eigenvalue weighted by atomic mass is 10.1. The highest BCUT2D eigenvalue weighted by molar-refractivity contribution is 5.41. The second-order valence-electron chi connectivity index (χ2n) is 5.80. The summed E-state index contributed by atoms with van der Waals surface area (Å²) in [5.74, 6) is 0.902. The summed E-state index contributed by atoms with van der Waals surface area (Å²) in [6, 6.07) is 3.98. The van der Waals surface area contributed by atoms with Crippen LogP contribution in [0.3, 0.4) is 0 Å². The van der Waals surface area contributed by atoms with Crippen molar-refractivity contribution in [3.63, 3.8) is 0 Å². The molecule has 0 amide bonds. The van der Waals surface area contributed by atoms with E-state index in [0.717, 1.165) is 17.9 Å². The standard InChI is InChI=1S/C14H23N3O2/c1-10(15)11-4-5-13(16-6-11)17-7-12(8-18)19-14(2,3)9-17/h4-6,10,12,18H,7-9,15H2,1-3H3. The predicted octanol–water partition coefficient (Wildman–Crippen LogP) is 1.08. The molecule has 1 saturated heterocycles. The molecule has 2 rings (SSSR count). The van der Waals surface area contributed by atoms with Gasteiger partial charge in [-0.05, 0) is 32.4 Å². The fraction of sp³-hybridized carbons (Fsp3) is 0.643. The highest BCUT2D eigenvalue weighted by Crippen LogP contribution is 2.25. The van der Waals surface area contributed by atoms with Gasteiger partial charge in [-0.25, -0.2) is 4.98 Å². The van der Waals surface area contributed by atoms with Crippen molar-refractivity contribution in [3.05, 3.63) is 23.9 Å². The third-order valence-corrected chi connectivity index (χ3v) is 3.31. The smallest absolute Gasteiger partial charge is 0.128 e. The van der Waals surface area contributed by atoms with E-state index in [4.69, 9.17) is 10.5 Å². The van der Waals surface area contributed by atoms with Gasteiger partial charge in [-0.2, -0.15) is 0 Å². The highest BCUT2D eigenvalue weighted by Gasteiger charge is 2.33. The molecule has 3 N–H and O–H groups in total. The summed E-state index contributed by atoms with van der Waals surface area (Å²) in [5, 5.41) is 9.32. The molecule has 1 aliphatic heterocycles. The minimum atomic E-state index is -0.285. The molecule has 0 bridgehead atoms.